The molecule has 2 aromatic rings. The average Bonchev–Trinajstić information content (AvgIpc) is 2.76. The fourth-order valence-corrected chi connectivity index (χ4v) is 1.55. The highest BCUT2D eigenvalue weighted by Gasteiger charge is 2.14. The highest BCUT2D eigenvalue weighted by atomic mass is 19.1. The van der Waals surface area contributed by atoms with Gasteiger partial charge in [0.25, 0.3) is 0 Å². The van der Waals surface area contributed by atoms with Crippen molar-refractivity contribution < 1.29 is 23.6 Å². The van der Waals surface area contributed by atoms with Gasteiger partial charge in [-0.15, -0.1) is 0 Å². The molecule has 2 rings (SSSR count). The van der Waals surface area contributed by atoms with Gasteiger partial charge >= 0.3 is 5.97 Å². The number of carbonyl (C=O) groups is 1. The summed E-state index contributed by atoms with van der Waals surface area (Å²) < 4.78 is 23.2. The van der Waals surface area contributed by atoms with Crippen LogP contribution in [0.5, 0.6) is 5.75 Å². The van der Waals surface area contributed by atoms with Gasteiger partial charge in [0, 0.05) is 6.07 Å². The molecule has 1 heterocycles. The maximum atomic E-state index is 13.2. The molecule has 0 spiro atoms. The number of aliphatic carboxylic acids is 1. The molecule has 5 nitrogen and oxygen atoms in total. The lowest BCUT2D eigenvalue weighted by molar-refractivity contribution is -0.136. The largest absolute Gasteiger partial charge is 0.496 e. The zero-order valence-corrected chi connectivity index (χ0v) is 9.51. The topological polar surface area (TPSA) is 72.6 Å². The Morgan fingerprint density at radius 1 is 1.50 bits per heavy atom. The van der Waals surface area contributed by atoms with Crippen LogP contribution < -0.4 is 4.74 Å². The molecule has 0 bridgehead atoms. The van der Waals surface area contributed by atoms with E-state index < -0.39 is 11.8 Å². The molecule has 6 heteroatoms. The number of rotatable bonds is 4. The van der Waals surface area contributed by atoms with Crippen LogP contribution in [-0.2, 0) is 11.2 Å². The van der Waals surface area contributed by atoms with E-state index >= 15 is 0 Å². The van der Waals surface area contributed by atoms with Crippen molar-refractivity contribution in [1.29, 1.82) is 0 Å². The van der Waals surface area contributed by atoms with Crippen LogP contribution >= 0.6 is 0 Å². The zero-order valence-electron chi connectivity index (χ0n) is 9.51. The SMILES string of the molecule is COc1ccc(F)cc1-c1cc(CC(=O)O)no1. The molecule has 0 aliphatic rings. The fourth-order valence-electron chi connectivity index (χ4n) is 1.55. The summed E-state index contributed by atoms with van der Waals surface area (Å²) in [7, 11) is 1.45. The molecule has 0 amide bonds. The smallest absolute Gasteiger partial charge is 0.309 e. The van der Waals surface area contributed by atoms with Crippen molar-refractivity contribution in [1.82, 2.24) is 5.16 Å². The van der Waals surface area contributed by atoms with Crippen LogP contribution in [0.25, 0.3) is 11.3 Å². The van der Waals surface area contributed by atoms with Crippen molar-refractivity contribution >= 4 is 5.97 Å². The molecule has 0 fully saturated rings. The summed E-state index contributed by atoms with van der Waals surface area (Å²) in [4.78, 5) is 10.5. The molecule has 0 aliphatic heterocycles. The highest BCUT2D eigenvalue weighted by Crippen LogP contribution is 2.31. The van der Waals surface area contributed by atoms with Crippen LogP contribution in [0.2, 0.25) is 0 Å². The molecular weight excluding hydrogens is 241 g/mol. The van der Waals surface area contributed by atoms with Crippen LogP contribution in [0.3, 0.4) is 0 Å². The standard InChI is InChI=1S/C12H10FNO4/c1-17-10-3-2-7(13)4-9(10)11-5-8(14-18-11)6-12(15)16/h2-5H,6H2,1H3,(H,15,16). The predicted molar refractivity (Wildman–Crippen MR) is 59.8 cm³/mol. The molecule has 0 saturated carbocycles. The maximum Gasteiger partial charge on any atom is 0.309 e. The van der Waals surface area contributed by atoms with Gasteiger partial charge in [0.2, 0.25) is 0 Å². The van der Waals surface area contributed by atoms with Gasteiger partial charge in [-0.1, -0.05) is 5.16 Å². The molecule has 0 atom stereocenters. The van der Waals surface area contributed by atoms with Gasteiger partial charge in [0.05, 0.1) is 24.8 Å². The van der Waals surface area contributed by atoms with E-state index in [1.807, 2.05) is 0 Å². The lowest BCUT2D eigenvalue weighted by atomic mass is 10.1. The second-order valence-electron chi connectivity index (χ2n) is 3.60. The van der Waals surface area contributed by atoms with E-state index in [2.05, 4.69) is 5.16 Å². The quantitative estimate of drug-likeness (QED) is 0.900. The Labute approximate surface area is 102 Å². The van der Waals surface area contributed by atoms with Crippen molar-refractivity contribution in [3.05, 3.63) is 35.8 Å². The Morgan fingerprint density at radius 2 is 2.28 bits per heavy atom. The average molecular weight is 251 g/mol. The van der Waals surface area contributed by atoms with Crippen molar-refractivity contribution in [3.63, 3.8) is 0 Å². The molecule has 0 aliphatic carbocycles. The molecule has 0 saturated heterocycles. The molecular formula is C12H10FNO4. The van der Waals surface area contributed by atoms with E-state index in [1.165, 1.54) is 31.4 Å². The Balaban J connectivity index is 2.38. The van der Waals surface area contributed by atoms with Crippen molar-refractivity contribution in [2.24, 2.45) is 0 Å². The summed E-state index contributed by atoms with van der Waals surface area (Å²) in [6.45, 7) is 0. The number of methoxy groups -OCH3 is 1. The lowest BCUT2D eigenvalue weighted by Gasteiger charge is -2.04. The van der Waals surface area contributed by atoms with E-state index in [4.69, 9.17) is 14.4 Å². The third-order valence-corrected chi connectivity index (χ3v) is 2.32. The minimum atomic E-state index is -1.01. The summed E-state index contributed by atoms with van der Waals surface area (Å²) in [6, 6.07) is 5.41. The summed E-state index contributed by atoms with van der Waals surface area (Å²) in [5, 5.41) is 12.2. The van der Waals surface area contributed by atoms with Gasteiger partial charge in [0.15, 0.2) is 5.76 Å². The second-order valence-corrected chi connectivity index (χ2v) is 3.60. The van der Waals surface area contributed by atoms with Crippen LogP contribution in [0, 0.1) is 5.82 Å². The molecule has 1 aromatic carbocycles. The Hall–Kier alpha value is -2.37. The summed E-state index contributed by atoms with van der Waals surface area (Å²) in [5.41, 5.74) is 0.658. The van der Waals surface area contributed by atoms with Crippen LogP contribution in [0.1, 0.15) is 5.69 Å². The highest BCUT2D eigenvalue weighted by molar-refractivity contribution is 5.71. The Morgan fingerprint density at radius 3 is 2.94 bits per heavy atom. The van der Waals surface area contributed by atoms with Crippen LogP contribution in [0.4, 0.5) is 4.39 Å². The van der Waals surface area contributed by atoms with Gasteiger partial charge in [0.1, 0.15) is 11.6 Å². The van der Waals surface area contributed by atoms with Crippen molar-refractivity contribution in [3.8, 4) is 17.1 Å². The number of aromatic nitrogens is 1. The third kappa shape index (κ3) is 2.48. The van der Waals surface area contributed by atoms with Crippen LogP contribution in [-0.4, -0.2) is 23.3 Å². The maximum absolute atomic E-state index is 13.2. The summed E-state index contributed by atoms with van der Waals surface area (Å²) in [6.07, 6.45) is -0.249. The molecule has 0 unspecified atom stereocenters. The van der Waals surface area contributed by atoms with E-state index in [9.17, 15) is 9.18 Å². The van der Waals surface area contributed by atoms with E-state index in [0.29, 0.717) is 11.3 Å². The monoisotopic (exact) mass is 251 g/mol. The predicted octanol–water partition coefficient (Wildman–Crippen LogP) is 2.12. The Kier molecular flexibility index (Phi) is 3.27. The lowest BCUT2D eigenvalue weighted by Crippen LogP contribution is -1.99. The number of benzene rings is 1. The van der Waals surface area contributed by atoms with Crippen molar-refractivity contribution in [2.75, 3.05) is 7.11 Å². The van der Waals surface area contributed by atoms with Crippen LogP contribution in [0.15, 0.2) is 28.8 Å². The number of carboxylic acids is 1. The van der Waals surface area contributed by atoms with Gasteiger partial charge in [-0.25, -0.2) is 4.39 Å². The first-order valence-electron chi connectivity index (χ1n) is 5.11. The number of halogens is 1. The van der Waals surface area contributed by atoms with E-state index in [-0.39, 0.29) is 17.9 Å². The zero-order chi connectivity index (χ0) is 13.1. The van der Waals surface area contributed by atoms with Gasteiger partial charge < -0.3 is 14.4 Å². The fraction of sp³-hybridized carbons (Fsp3) is 0.167. The van der Waals surface area contributed by atoms with Gasteiger partial charge in [-0.3, -0.25) is 4.79 Å². The van der Waals surface area contributed by atoms with Crippen molar-refractivity contribution in [2.45, 2.75) is 6.42 Å². The third-order valence-electron chi connectivity index (χ3n) is 2.32. The molecule has 0 radical (unpaired) electrons. The van der Waals surface area contributed by atoms with E-state index in [0.717, 1.165) is 0 Å². The molecule has 1 aromatic heterocycles. The normalized spacial score (nSPS) is 10.3. The van der Waals surface area contributed by atoms with Gasteiger partial charge in [-0.2, -0.15) is 0 Å². The number of hydrogen-bond acceptors (Lipinski definition) is 4. The Bertz CT molecular complexity index is 579. The first kappa shape index (κ1) is 12.1. The number of carboxylic acid groups (broad SMARTS) is 1. The molecule has 18 heavy (non-hydrogen) atoms. The van der Waals surface area contributed by atoms with Gasteiger partial charge in [-0.05, 0) is 18.2 Å². The number of nitrogens with zero attached hydrogens (tertiary/aromatic N) is 1. The first-order chi connectivity index (χ1) is 8.60. The number of hydrogen-bond donors (Lipinski definition) is 1. The number of ether oxygens (including phenoxy) is 1. The second kappa shape index (κ2) is 4.87. The molecule has 94 valence electrons. The minimum Gasteiger partial charge on any atom is -0.496 e. The molecule has 1 N–H and O–H groups in total. The summed E-state index contributed by atoms with van der Waals surface area (Å²) in [5.74, 6) is -0.764. The first-order valence-corrected chi connectivity index (χ1v) is 5.11. The van der Waals surface area contributed by atoms with E-state index in [1.54, 1.807) is 0 Å². The minimum absolute atomic E-state index is 0.249. The summed E-state index contributed by atoms with van der Waals surface area (Å²) >= 11 is 0.